The van der Waals surface area contributed by atoms with Crippen molar-refractivity contribution in [2.75, 3.05) is 13.3 Å². The van der Waals surface area contributed by atoms with Crippen molar-refractivity contribution in [2.45, 2.75) is 26.7 Å². The Morgan fingerprint density at radius 2 is 1.90 bits per heavy atom. The fourth-order valence-electron chi connectivity index (χ4n) is 3.17. The third-order valence-corrected chi connectivity index (χ3v) is 4.46. The van der Waals surface area contributed by atoms with E-state index in [0.717, 1.165) is 11.5 Å². The molecule has 2 aromatic rings. The Bertz CT molecular complexity index is 658. The minimum atomic E-state index is 0.310. The number of hydrogen-bond donors (Lipinski definition) is 1. The van der Waals surface area contributed by atoms with Crippen molar-refractivity contribution >= 4 is 10.9 Å². The van der Waals surface area contributed by atoms with Gasteiger partial charge in [0.05, 0.1) is 5.52 Å². The Kier molecular flexibility index (Phi) is 3.13. The molecule has 1 aliphatic rings. The molecule has 1 unspecified atom stereocenters. The summed E-state index contributed by atoms with van der Waals surface area (Å²) in [6, 6.07) is 4.17. The summed E-state index contributed by atoms with van der Waals surface area (Å²) in [6.07, 6.45) is 0. The van der Waals surface area contributed by atoms with Crippen LogP contribution in [0.15, 0.2) is 12.1 Å². The van der Waals surface area contributed by atoms with E-state index >= 15 is 0 Å². The van der Waals surface area contributed by atoms with E-state index in [9.17, 15) is 0 Å². The summed E-state index contributed by atoms with van der Waals surface area (Å²) in [5.41, 5.74) is 9.82. The summed E-state index contributed by atoms with van der Waals surface area (Å²) in [5.74, 6) is 2.54. The lowest BCUT2D eigenvalue weighted by atomic mass is 9.86. The van der Waals surface area contributed by atoms with Crippen LogP contribution in [0.2, 0.25) is 0 Å². The molecular weight excluding hydrogens is 252 g/mol. The molecule has 108 valence electrons. The standard InChI is InChI=1S/C16H22N2O2/c1-9(2)12(7-17)16-10(3)18(4)13-6-15-14(5-11(13)16)19-8-20-15/h5-6,9,12H,7-8,17H2,1-4H3. The maximum absolute atomic E-state index is 6.02. The average molecular weight is 274 g/mol. The van der Waals surface area contributed by atoms with Gasteiger partial charge in [0.15, 0.2) is 11.5 Å². The largest absolute Gasteiger partial charge is 0.454 e. The molecule has 4 heteroatoms. The van der Waals surface area contributed by atoms with Gasteiger partial charge < -0.3 is 19.8 Å². The number of aryl methyl sites for hydroxylation is 1. The van der Waals surface area contributed by atoms with E-state index in [1.54, 1.807) is 0 Å². The van der Waals surface area contributed by atoms with Crippen molar-refractivity contribution in [3.05, 3.63) is 23.4 Å². The zero-order chi connectivity index (χ0) is 14.4. The smallest absolute Gasteiger partial charge is 0.231 e. The summed E-state index contributed by atoms with van der Waals surface area (Å²) in [6.45, 7) is 7.58. The molecule has 0 aliphatic carbocycles. The monoisotopic (exact) mass is 274 g/mol. The van der Waals surface area contributed by atoms with Crippen LogP contribution in [0.5, 0.6) is 11.5 Å². The van der Waals surface area contributed by atoms with Gasteiger partial charge in [0.25, 0.3) is 0 Å². The number of aromatic nitrogens is 1. The highest BCUT2D eigenvalue weighted by Crippen LogP contribution is 2.41. The minimum absolute atomic E-state index is 0.310. The van der Waals surface area contributed by atoms with E-state index in [0.29, 0.717) is 25.2 Å². The van der Waals surface area contributed by atoms with Gasteiger partial charge >= 0.3 is 0 Å². The summed E-state index contributed by atoms with van der Waals surface area (Å²) < 4.78 is 13.2. The fraction of sp³-hybridized carbons (Fsp3) is 0.500. The van der Waals surface area contributed by atoms with Crippen LogP contribution in [-0.2, 0) is 7.05 Å². The van der Waals surface area contributed by atoms with Crippen molar-refractivity contribution in [1.82, 2.24) is 4.57 Å². The highest BCUT2D eigenvalue weighted by Gasteiger charge is 2.25. The molecule has 0 saturated heterocycles. The first-order chi connectivity index (χ1) is 9.54. The van der Waals surface area contributed by atoms with E-state index < -0.39 is 0 Å². The summed E-state index contributed by atoms with van der Waals surface area (Å²) in [4.78, 5) is 0. The summed E-state index contributed by atoms with van der Waals surface area (Å²) in [7, 11) is 2.09. The highest BCUT2D eigenvalue weighted by atomic mass is 16.7. The Morgan fingerprint density at radius 3 is 2.50 bits per heavy atom. The van der Waals surface area contributed by atoms with Gasteiger partial charge in [-0.25, -0.2) is 0 Å². The molecule has 1 atom stereocenters. The van der Waals surface area contributed by atoms with Gasteiger partial charge in [0.1, 0.15) is 0 Å². The van der Waals surface area contributed by atoms with Gasteiger partial charge in [-0.15, -0.1) is 0 Å². The van der Waals surface area contributed by atoms with Gasteiger partial charge in [-0.3, -0.25) is 0 Å². The number of ether oxygens (including phenoxy) is 2. The number of nitrogens with zero attached hydrogens (tertiary/aromatic N) is 1. The van der Waals surface area contributed by atoms with Crippen molar-refractivity contribution in [1.29, 1.82) is 0 Å². The molecule has 4 nitrogen and oxygen atoms in total. The maximum Gasteiger partial charge on any atom is 0.231 e. The Hall–Kier alpha value is -1.68. The predicted molar refractivity (Wildman–Crippen MR) is 80.4 cm³/mol. The number of fused-ring (bicyclic) bond motifs is 2. The third-order valence-electron chi connectivity index (χ3n) is 4.46. The molecule has 1 aromatic heterocycles. The van der Waals surface area contributed by atoms with Crippen molar-refractivity contribution < 1.29 is 9.47 Å². The van der Waals surface area contributed by atoms with Crippen LogP contribution < -0.4 is 15.2 Å². The molecule has 2 heterocycles. The molecule has 20 heavy (non-hydrogen) atoms. The van der Waals surface area contributed by atoms with Crippen molar-refractivity contribution in [3.63, 3.8) is 0 Å². The summed E-state index contributed by atoms with van der Waals surface area (Å²) in [5, 5.41) is 1.23. The molecule has 3 rings (SSSR count). The first-order valence-corrected chi connectivity index (χ1v) is 7.13. The van der Waals surface area contributed by atoms with Gasteiger partial charge in [-0.1, -0.05) is 13.8 Å². The molecule has 0 amide bonds. The molecule has 1 aliphatic heterocycles. The molecule has 0 spiro atoms. The Morgan fingerprint density at radius 1 is 1.25 bits per heavy atom. The Balaban J connectivity index is 2.28. The SMILES string of the molecule is Cc1c(C(CN)C(C)C)c2cc3c(cc2n1C)OCO3. The third kappa shape index (κ3) is 1.79. The van der Waals surface area contributed by atoms with Crippen molar-refractivity contribution in [3.8, 4) is 11.5 Å². The fourth-order valence-corrected chi connectivity index (χ4v) is 3.17. The summed E-state index contributed by atoms with van der Waals surface area (Å²) >= 11 is 0. The second-order valence-electron chi connectivity index (χ2n) is 5.87. The molecule has 2 N–H and O–H groups in total. The zero-order valence-corrected chi connectivity index (χ0v) is 12.6. The van der Waals surface area contributed by atoms with E-state index in [1.807, 2.05) is 0 Å². The number of hydrogen-bond acceptors (Lipinski definition) is 3. The molecule has 0 bridgehead atoms. The molecule has 1 aromatic carbocycles. The van der Waals surface area contributed by atoms with Gasteiger partial charge in [-0.05, 0) is 31.0 Å². The topological polar surface area (TPSA) is 49.4 Å². The lowest BCUT2D eigenvalue weighted by molar-refractivity contribution is 0.174. The second kappa shape index (κ2) is 4.70. The van der Waals surface area contributed by atoms with Crippen molar-refractivity contribution in [2.24, 2.45) is 18.7 Å². The number of nitrogens with two attached hydrogens (primary N) is 1. The normalized spacial score (nSPS) is 15.3. The van der Waals surface area contributed by atoms with Crippen LogP contribution in [0.3, 0.4) is 0 Å². The second-order valence-corrected chi connectivity index (χ2v) is 5.87. The minimum Gasteiger partial charge on any atom is -0.454 e. The quantitative estimate of drug-likeness (QED) is 0.936. The van der Waals surface area contributed by atoms with Crippen LogP contribution in [0.25, 0.3) is 10.9 Å². The van der Waals surface area contributed by atoms with Crippen LogP contribution in [0, 0.1) is 12.8 Å². The first-order valence-electron chi connectivity index (χ1n) is 7.13. The lowest BCUT2D eigenvalue weighted by Gasteiger charge is -2.20. The van der Waals surface area contributed by atoms with E-state index in [-0.39, 0.29) is 0 Å². The number of rotatable bonds is 3. The molecule has 0 radical (unpaired) electrons. The van der Waals surface area contributed by atoms with E-state index in [4.69, 9.17) is 15.2 Å². The van der Waals surface area contributed by atoms with Gasteiger partial charge in [0, 0.05) is 30.1 Å². The zero-order valence-electron chi connectivity index (χ0n) is 12.6. The molecular formula is C16H22N2O2. The van der Waals surface area contributed by atoms with Crippen LogP contribution in [0.1, 0.15) is 31.0 Å². The van der Waals surface area contributed by atoms with Gasteiger partial charge in [0.2, 0.25) is 6.79 Å². The number of benzene rings is 1. The van der Waals surface area contributed by atoms with E-state index in [2.05, 4.69) is 44.5 Å². The first kappa shape index (κ1) is 13.3. The lowest BCUT2D eigenvalue weighted by Crippen LogP contribution is -2.18. The molecule has 0 fully saturated rings. The van der Waals surface area contributed by atoms with Gasteiger partial charge in [-0.2, -0.15) is 0 Å². The maximum atomic E-state index is 6.02. The highest BCUT2D eigenvalue weighted by molar-refractivity contribution is 5.89. The van der Waals surface area contributed by atoms with Crippen LogP contribution >= 0.6 is 0 Å². The van der Waals surface area contributed by atoms with E-state index in [1.165, 1.54) is 22.2 Å². The average Bonchev–Trinajstić information content (AvgIpc) is 2.96. The predicted octanol–water partition coefficient (Wildman–Crippen LogP) is 2.91. The Labute approximate surface area is 119 Å². The van der Waals surface area contributed by atoms with Crippen LogP contribution in [-0.4, -0.2) is 17.9 Å². The van der Waals surface area contributed by atoms with Crippen LogP contribution in [0.4, 0.5) is 0 Å². The molecule has 0 saturated carbocycles.